The molecule has 1 fully saturated rings. The van der Waals surface area contributed by atoms with E-state index in [1.165, 1.54) is 0 Å². The molecular weight excluding hydrogens is 339 g/mol. The number of guanidine groups is 1. The number of carbonyl (C=O) groups excluding carboxylic acids is 2. The first-order chi connectivity index (χ1) is 10.5. The summed E-state index contributed by atoms with van der Waals surface area (Å²) in [6.45, 7) is 0. The van der Waals surface area contributed by atoms with Crippen LogP contribution in [0.3, 0.4) is 0 Å². The van der Waals surface area contributed by atoms with Crippen LogP contribution in [-0.2, 0) is 9.59 Å². The van der Waals surface area contributed by atoms with Crippen molar-refractivity contribution >= 4 is 29.4 Å². The number of hydrogen-bond acceptors (Lipinski definition) is 3. The smallest absolute Gasteiger partial charge is 0.430 e. The van der Waals surface area contributed by atoms with Crippen LogP contribution in [0.25, 0.3) is 0 Å². The molecule has 0 bridgehead atoms. The topological polar surface area (TPSA) is 123 Å². The van der Waals surface area contributed by atoms with Gasteiger partial charge in [0.05, 0.1) is 5.92 Å². The standard InChI is InChI=1S/C11H12ClN3O.C2HF3O2/c12-7-3-1-2-6(4-7)8-5-9(8)10(16)15-11(13)14;3-2(4,5)1(6)7/h1-4,8-9H,5H2,(H4,13,14,15,16);(H,6,7)/t8-,9+;/m1./s1. The van der Waals surface area contributed by atoms with E-state index in [4.69, 9.17) is 33.0 Å². The van der Waals surface area contributed by atoms with Crippen LogP contribution in [0, 0.1) is 5.92 Å². The molecule has 1 amide bonds. The highest BCUT2D eigenvalue weighted by Crippen LogP contribution is 2.47. The monoisotopic (exact) mass is 351 g/mol. The third-order valence-electron chi connectivity index (χ3n) is 2.90. The minimum Gasteiger partial charge on any atom is -0.542 e. The maximum Gasteiger partial charge on any atom is 0.430 e. The number of carbonyl (C=O) groups is 2. The predicted molar refractivity (Wildman–Crippen MR) is 72.7 cm³/mol. The zero-order valence-corrected chi connectivity index (χ0v) is 12.3. The van der Waals surface area contributed by atoms with E-state index >= 15 is 0 Å². The fourth-order valence-electron chi connectivity index (χ4n) is 1.83. The minimum atomic E-state index is -5.19. The first-order valence-corrected chi connectivity index (χ1v) is 6.62. The first-order valence-electron chi connectivity index (χ1n) is 6.24. The molecule has 5 N–H and O–H groups in total. The van der Waals surface area contributed by atoms with Gasteiger partial charge in [-0.25, -0.2) is 4.99 Å². The summed E-state index contributed by atoms with van der Waals surface area (Å²) in [5.74, 6) is -2.99. The third kappa shape index (κ3) is 6.15. The average Bonchev–Trinajstić information content (AvgIpc) is 3.17. The summed E-state index contributed by atoms with van der Waals surface area (Å²) >= 11 is 5.88. The number of aliphatic carboxylic acids is 1. The SMILES string of the molecule is NC(N)=[NH+]C(=O)[C@H]1C[C@@H]1c1cccc(Cl)c1.O=C([O-])C(F)(F)F. The highest BCUT2D eigenvalue weighted by Gasteiger charge is 2.44. The Labute approximate surface area is 133 Å². The second-order valence-corrected chi connectivity index (χ2v) is 5.17. The molecular formula is C13H13ClF3N3O3. The normalized spacial score (nSPS) is 19.1. The number of benzene rings is 1. The average molecular weight is 352 g/mol. The molecule has 1 saturated carbocycles. The van der Waals surface area contributed by atoms with Crippen molar-refractivity contribution in [3.05, 3.63) is 34.9 Å². The summed E-state index contributed by atoms with van der Waals surface area (Å²) in [5, 5.41) is 9.47. The molecule has 0 saturated heterocycles. The fraction of sp³-hybridized carbons (Fsp3) is 0.308. The van der Waals surface area contributed by atoms with E-state index in [1.807, 2.05) is 24.3 Å². The van der Waals surface area contributed by atoms with Crippen LogP contribution >= 0.6 is 11.6 Å². The predicted octanol–water partition coefficient (Wildman–Crippen LogP) is -1.38. The second-order valence-electron chi connectivity index (χ2n) is 4.73. The summed E-state index contributed by atoms with van der Waals surface area (Å²) in [6.07, 6.45) is -4.38. The summed E-state index contributed by atoms with van der Waals surface area (Å²) in [4.78, 5) is 22.8. The van der Waals surface area contributed by atoms with E-state index < -0.39 is 12.1 Å². The molecule has 1 aromatic rings. The van der Waals surface area contributed by atoms with Crippen LogP contribution < -0.4 is 21.6 Å². The van der Waals surface area contributed by atoms with Crippen LogP contribution in [0.2, 0.25) is 5.02 Å². The Morgan fingerprint density at radius 1 is 1.30 bits per heavy atom. The number of nitrogens with one attached hydrogen (secondary N) is 1. The van der Waals surface area contributed by atoms with Gasteiger partial charge < -0.3 is 9.90 Å². The van der Waals surface area contributed by atoms with Crippen molar-refractivity contribution in [2.24, 2.45) is 17.4 Å². The number of carboxylic acid groups (broad SMARTS) is 1. The van der Waals surface area contributed by atoms with Crippen LogP contribution in [0.5, 0.6) is 0 Å². The van der Waals surface area contributed by atoms with Gasteiger partial charge in [0.1, 0.15) is 5.97 Å². The number of halogens is 4. The minimum absolute atomic E-state index is 0.0411. The quantitative estimate of drug-likeness (QED) is 0.448. The Kier molecular flexibility index (Phi) is 5.97. The van der Waals surface area contributed by atoms with Crippen LogP contribution in [0.1, 0.15) is 17.9 Å². The summed E-state index contributed by atoms with van der Waals surface area (Å²) < 4.78 is 31.5. The molecule has 126 valence electrons. The lowest BCUT2D eigenvalue weighted by Crippen LogP contribution is -2.82. The maximum atomic E-state index is 11.6. The summed E-state index contributed by atoms with van der Waals surface area (Å²) in [6, 6.07) is 7.55. The molecule has 0 spiro atoms. The molecule has 0 unspecified atom stereocenters. The molecule has 2 rings (SSSR count). The number of carboxylic acids is 1. The van der Waals surface area contributed by atoms with Crippen LogP contribution in [0.15, 0.2) is 24.3 Å². The lowest BCUT2D eigenvalue weighted by Gasteiger charge is -2.03. The van der Waals surface area contributed by atoms with Gasteiger partial charge >= 0.3 is 12.1 Å². The molecule has 10 heteroatoms. The largest absolute Gasteiger partial charge is 0.542 e. The van der Waals surface area contributed by atoms with Crippen molar-refractivity contribution in [1.82, 2.24) is 0 Å². The molecule has 1 aliphatic carbocycles. The fourth-order valence-corrected chi connectivity index (χ4v) is 2.02. The van der Waals surface area contributed by atoms with Crippen molar-refractivity contribution < 1.29 is 32.9 Å². The Balaban J connectivity index is 0.000000322. The molecule has 23 heavy (non-hydrogen) atoms. The molecule has 0 heterocycles. The second kappa shape index (κ2) is 7.32. The summed E-state index contributed by atoms with van der Waals surface area (Å²) in [7, 11) is 0. The molecule has 6 nitrogen and oxygen atoms in total. The van der Waals surface area contributed by atoms with Gasteiger partial charge in [0.2, 0.25) is 0 Å². The van der Waals surface area contributed by atoms with E-state index in [2.05, 4.69) is 4.99 Å². The van der Waals surface area contributed by atoms with Gasteiger partial charge in [-0.15, -0.1) is 0 Å². The number of nitrogens with two attached hydrogens (primary N) is 2. The van der Waals surface area contributed by atoms with E-state index in [-0.39, 0.29) is 23.7 Å². The molecule has 1 aliphatic rings. The third-order valence-corrected chi connectivity index (χ3v) is 3.14. The number of rotatable bonds is 2. The van der Waals surface area contributed by atoms with Gasteiger partial charge in [-0.2, -0.15) is 13.2 Å². The van der Waals surface area contributed by atoms with E-state index in [1.54, 1.807) is 0 Å². The highest BCUT2D eigenvalue weighted by atomic mass is 35.5. The van der Waals surface area contributed by atoms with E-state index in [0.717, 1.165) is 12.0 Å². The molecule has 2 atom stereocenters. The van der Waals surface area contributed by atoms with Gasteiger partial charge in [0.15, 0.2) is 0 Å². The molecule has 0 radical (unpaired) electrons. The lowest BCUT2D eigenvalue weighted by atomic mass is 10.1. The van der Waals surface area contributed by atoms with Gasteiger partial charge in [0.25, 0.3) is 5.91 Å². The van der Waals surface area contributed by atoms with Crippen molar-refractivity contribution in [2.75, 3.05) is 0 Å². The maximum absolute atomic E-state index is 11.6. The zero-order chi connectivity index (χ0) is 17.8. The molecule has 0 aromatic heterocycles. The van der Waals surface area contributed by atoms with Crippen molar-refractivity contribution in [2.45, 2.75) is 18.5 Å². The zero-order valence-electron chi connectivity index (χ0n) is 11.6. The number of amides is 1. The molecule has 1 aromatic carbocycles. The van der Waals surface area contributed by atoms with Gasteiger partial charge in [-0.1, -0.05) is 23.7 Å². The van der Waals surface area contributed by atoms with Gasteiger partial charge in [-0.3, -0.25) is 16.3 Å². The Morgan fingerprint density at radius 3 is 2.30 bits per heavy atom. The van der Waals surface area contributed by atoms with Crippen LogP contribution in [0.4, 0.5) is 13.2 Å². The Morgan fingerprint density at radius 2 is 1.87 bits per heavy atom. The van der Waals surface area contributed by atoms with Crippen molar-refractivity contribution in [3.63, 3.8) is 0 Å². The Hall–Kier alpha value is -2.29. The molecule has 0 aliphatic heterocycles. The van der Waals surface area contributed by atoms with Crippen molar-refractivity contribution in [1.29, 1.82) is 0 Å². The van der Waals surface area contributed by atoms with E-state index in [9.17, 15) is 18.0 Å². The lowest BCUT2D eigenvalue weighted by molar-refractivity contribution is -0.381. The highest BCUT2D eigenvalue weighted by molar-refractivity contribution is 6.30. The van der Waals surface area contributed by atoms with Crippen LogP contribution in [-0.4, -0.2) is 24.0 Å². The number of alkyl halides is 3. The van der Waals surface area contributed by atoms with Gasteiger partial charge in [0, 0.05) is 5.02 Å². The van der Waals surface area contributed by atoms with E-state index in [0.29, 0.717) is 5.02 Å². The Bertz CT molecular complexity index is 630. The summed E-state index contributed by atoms with van der Waals surface area (Å²) in [5.41, 5.74) is 11.5. The van der Waals surface area contributed by atoms with Crippen molar-refractivity contribution in [3.8, 4) is 0 Å². The van der Waals surface area contributed by atoms with Gasteiger partial charge in [-0.05, 0) is 30.0 Å². The first kappa shape index (κ1) is 18.8. The number of hydrogen-bond donors (Lipinski definition) is 3.